The minimum atomic E-state index is -3.43. The number of hydrogen-bond donors (Lipinski definition) is 1. The van der Waals surface area contributed by atoms with Crippen molar-refractivity contribution in [3.63, 3.8) is 0 Å². The van der Waals surface area contributed by atoms with Crippen LogP contribution in [-0.4, -0.2) is 56.8 Å². The average Bonchev–Trinajstić information content (AvgIpc) is 2.76. The number of nitrogens with zero attached hydrogens (tertiary/aromatic N) is 2. The van der Waals surface area contributed by atoms with Crippen molar-refractivity contribution in [2.45, 2.75) is 12.8 Å². The topological polar surface area (TPSA) is 69.7 Å². The predicted octanol–water partition coefficient (Wildman–Crippen LogP) is 0.881. The molecule has 8 heteroatoms. The summed E-state index contributed by atoms with van der Waals surface area (Å²) in [6.45, 7) is 1.72. The van der Waals surface area contributed by atoms with Crippen molar-refractivity contribution in [2.75, 3.05) is 33.2 Å². The van der Waals surface area contributed by atoms with E-state index in [2.05, 4.69) is 4.72 Å². The molecule has 1 fully saturated rings. The number of halogens is 1. The molecule has 0 atom stereocenters. The fourth-order valence-corrected chi connectivity index (χ4v) is 3.48. The Balaban J connectivity index is 1.96. The summed E-state index contributed by atoms with van der Waals surface area (Å²) in [7, 11) is -2.03. The molecule has 1 amide bonds. The van der Waals surface area contributed by atoms with Crippen LogP contribution in [0.15, 0.2) is 24.3 Å². The number of nitrogens with one attached hydrogen (secondary N) is 1. The van der Waals surface area contributed by atoms with Crippen LogP contribution in [0.5, 0.6) is 0 Å². The molecule has 0 aromatic heterocycles. The van der Waals surface area contributed by atoms with Gasteiger partial charge >= 0.3 is 0 Å². The highest BCUT2D eigenvalue weighted by Crippen LogP contribution is 2.12. The average molecular weight is 346 g/mol. The highest BCUT2D eigenvalue weighted by Gasteiger charge is 2.25. The summed E-state index contributed by atoms with van der Waals surface area (Å²) in [5.41, 5.74) is 0.901. The predicted molar refractivity (Wildman–Crippen MR) is 85.9 cm³/mol. The van der Waals surface area contributed by atoms with Gasteiger partial charge in [-0.1, -0.05) is 23.7 Å². The molecule has 1 aromatic rings. The van der Waals surface area contributed by atoms with Crippen LogP contribution in [0.1, 0.15) is 12.0 Å². The zero-order valence-corrected chi connectivity index (χ0v) is 14.0. The highest BCUT2D eigenvalue weighted by molar-refractivity contribution is 7.87. The second-order valence-electron chi connectivity index (χ2n) is 5.15. The molecule has 6 nitrogen and oxygen atoms in total. The number of rotatable bonds is 4. The van der Waals surface area contributed by atoms with Gasteiger partial charge in [0.1, 0.15) is 0 Å². The second kappa shape index (κ2) is 7.41. The van der Waals surface area contributed by atoms with E-state index in [-0.39, 0.29) is 5.91 Å². The van der Waals surface area contributed by atoms with Crippen LogP contribution in [0, 0.1) is 0 Å². The molecule has 1 aromatic carbocycles. The summed E-state index contributed by atoms with van der Waals surface area (Å²) < 4.78 is 27.3. The Morgan fingerprint density at radius 1 is 1.18 bits per heavy atom. The molecule has 0 aliphatic carbocycles. The third kappa shape index (κ3) is 4.42. The van der Waals surface area contributed by atoms with Gasteiger partial charge in [-0.25, -0.2) is 4.72 Å². The van der Waals surface area contributed by atoms with E-state index in [4.69, 9.17) is 11.6 Å². The first-order chi connectivity index (χ1) is 10.4. The molecular weight excluding hydrogens is 326 g/mol. The molecular formula is C14H20ClN3O3S. The van der Waals surface area contributed by atoms with Gasteiger partial charge in [0, 0.05) is 38.2 Å². The summed E-state index contributed by atoms with van der Waals surface area (Å²) >= 11 is 5.83. The Kier molecular flexibility index (Phi) is 5.80. The van der Waals surface area contributed by atoms with E-state index in [1.54, 1.807) is 17.0 Å². The number of amides is 1. The monoisotopic (exact) mass is 345 g/mol. The molecule has 0 spiro atoms. The zero-order chi connectivity index (χ0) is 16.2. The molecule has 1 saturated heterocycles. The molecule has 1 aliphatic heterocycles. The van der Waals surface area contributed by atoms with Gasteiger partial charge in [0.05, 0.1) is 6.42 Å². The van der Waals surface area contributed by atoms with E-state index in [1.807, 2.05) is 12.1 Å². The summed E-state index contributed by atoms with van der Waals surface area (Å²) in [4.78, 5) is 14.1. The largest absolute Gasteiger partial charge is 0.341 e. The lowest BCUT2D eigenvalue weighted by Gasteiger charge is -2.21. The molecule has 0 unspecified atom stereocenters. The fourth-order valence-electron chi connectivity index (χ4n) is 2.40. The fraction of sp³-hybridized carbons (Fsp3) is 0.500. The number of benzene rings is 1. The molecule has 22 heavy (non-hydrogen) atoms. The van der Waals surface area contributed by atoms with Crippen molar-refractivity contribution < 1.29 is 13.2 Å². The van der Waals surface area contributed by atoms with Crippen molar-refractivity contribution in [1.82, 2.24) is 13.9 Å². The molecule has 1 heterocycles. The van der Waals surface area contributed by atoms with Crippen LogP contribution in [0.2, 0.25) is 5.02 Å². The minimum Gasteiger partial charge on any atom is -0.341 e. The normalized spacial score (nSPS) is 17.3. The quantitative estimate of drug-likeness (QED) is 0.880. The first-order valence-electron chi connectivity index (χ1n) is 7.13. The van der Waals surface area contributed by atoms with Crippen LogP contribution >= 0.6 is 11.6 Å². The Labute approximate surface area is 136 Å². The van der Waals surface area contributed by atoms with Gasteiger partial charge in [-0.2, -0.15) is 12.7 Å². The Morgan fingerprint density at radius 2 is 1.86 bits per heavy atom. The Bertz CT molecular complexity index is 619. The Hall–Kier alpha value is -1.15. The zero-order valence-electron chi connectivity index (χ0n) is 12.5. The van der Waals surface area contributed by atoms with Gasteiger partial charge in [0.2, 0.25) is 5.91 Å². The van der Waals surface area contributed by atoms with Crippen LogP contribution in [0.4, 0.5) is 0 Å². The van der Waals surface area contributed by atoms with Crippen LogP contribution < -0.4 is 4.72 Å². The van der Waals surface area contributed by atoms with Gasteiger partial charge in [-0.3, -0.25) is 4.79 Å². The van der Waals surface area contributed by atoms with Crippen LogP contribution in [0.3, 0.4) is 0 Å². The molecule has 2 rings (SSSR count). The maximum absolute atomic E-state index is 12.3. The highest BCUT2D eigenvalue weighted by atomic mass is 35.5. The van der Waals surface area contributed by atoms with E-state index < -0.39 is 10.2 Å². The van der Waals surface area contributed by atoms with Crippen molar-refractivity contribution in [3.05, 3.63) is 34.9 Å². The Morgan fingerprint density at radius 3 is 2.50 bits per heavy atom. The van der Waals surface area contributed by atoms with Crippen LogP contribution in [-0.2, 0) is 21.4 Å². The maximum atomic E-state index is 12.3. The summed E-state index contributed by atoms with van der Waals surface area (Å²) in [6.07, 6.45) is 0.934. The summed E-state index contributed by atoms with van der Waals surface area (Å²) in [5, 5.41) is 0.638. The van der Waals surface area contributed by atoms with E-state index >= 15 is 0 Å². The van der Waals surface area contributed by atoms with E-state index in [9.17, 15) is 13.2 Å². The smallest absolute Gasteiger partial charge is 0.279 e. The maximum Gasteiger partial charge on any atom is 0.279 e. The van der Waals surface area contributed by atoms with Gasteiger partial charge in [-0.05, 0) is 24.1 Å². The van der Waals surface area contributed by atoms with Crippen molar-refractivity contribution >= 4 is 27.7 Å². The molecule has 1 aliphatic rings. The third-order valence-corrected chi connectivity index (χ3v) is 5.49. The minimum absolute atomic E-state index is 0.00558. The van der Waals surface area contributed by atoms with Gasteiger partial charge in [0.25, 0.3) is 10.2 Å². The van der Waals surface area contributed by atoms with E-state index in [1.165, 1.54) is 11.4 Å². The lowest BCUT2D eigenvalue weighted by molar-refractivity contribution is -0.130. The number of carbonyl (C=O) groups is 1. The van der Waals surface area contributed by atoms with Gasteiger partial charge < -0.3 is 4.90 Å². The SMILES string of the molecule is CNS(=O)(=O)N1CCCN(C(=O)Cc2ccc(Cl)cc2)CC1. The molecule has 0 bridgehead atoms. The van der Waals surface area contributed by atoms with Crippen molar-refractivity contribution in [3.8, 4) is 0 Å². The molecule has 122 valence electrons. The lowest BCUT2D eigenvalue weighted by Crippen LogP contribution is -2.42. The molecule has 1 N–H and O–H groups in total. The van der Waals surface area contributed by atoms with Gasteiger partial charge in [0.15, 0.2) is 0 Å². The first-order valence-corrected chi connectivity index (χ1v) is 8.95. The first kappa shape index (κ1) is 17.2. The van der Waals surface area contributed by atoms with E-state index in [0.717, 1.165) is 5.56 Å². The second-order valence-corrected chi connectivity index (χ2v) is 7.46. The summed E-state index contributed by atoms with van der Waals surface area (Å²) in [6, 6.07) is 7.17. The standard InChI is InChI=1S/C14H20ClN3O3S/c1-16-22(20,21)18-8-2-7-17(9-10-18)14(19)11-12-3-5-13(15)6-4-12/h3-6,16H,2,7-11H2,1H3. The van der Waals surface area contributed by atoms with Crippen molar-refractivity contribution in [1.29, 1.82) is 0 Å². The lowest BCUT2D eigenvalue weighted by atomic mass is 10.1. The summed E-state index contributed by atoms with van der Waals surface area (Å²) in [5.74, 6) is 0.00558. The number of carbonyl (C=O) groups excluding carboxylic acids is 1. The van der Waals surface area contributed by atoms with Crippen LogP contribution in [0.25, 0.3) is 0 Å². The van der Waals surface area contributed by atoms with Gasteiger partial charge in [-0.15, -0.1) is 0 Å². The van der Waals surface area contributed by atoms with E-state index in [0.29, 0.717) is 44.0 Å². The molecule has 0 saturated carbocycles. The third-order valence-electron chi connectivity index (χ3n) is 3.67. The van der Waals surface area contributed by atoms with Crippen molar-refractivity contribution in [2.24, 2.45) is 0 Å². The molecule has 0 radical (unpaired) electrons. The number of hydrogen-bond acceptors (Lipinski definition) is 3.